The Morgan fingerprint density at radius 2 is 2.39 bits per heavy atom. The van der Waals surface area contributed by atoms with Crippen LogP contribution in [0.15, 0.2) is 30.5 Å². The van der Waals surface area contributed by atoms with Gasteiger partial charge in [0.2, 0.25) is 5.91 Å². The molecule has 0 saturated carbocycles. The van der Waals surface area contributed by atoms with Gasteiger partial charge in [0.15, 0.2) is 0 Å². The van der Waals surface area contributed by atoms with E-state index < -0.39 is 0 Å². The summed E-state index contributed by atoms with van der Waals surface area (Å²) < 4.78 is 12.9. The van der Waals surface area contributed by atoms with Crippen LogP contribution in [0.3, 0.4) is 0 Å². The predicted molar refractivity (Wildman–Crippen MR) is 62.0 cm³/mol. The molecule has 2 aromatic rings. The lowest BCUT2D eigenvalue weighted by Gasteiger charge is -2.03. The number of aromatic nitrogens is 2. The average molecular weight is 244 g/mol. The fourth-order valence-corrected chi connectivity index (χ4v) is 1.48. The minimum atomic E-state index is -0.389. The zero-order valence-electron chi connectivity index (χ0n) is 9.27. The third-order valence-electron chi connectivity index (χ3n) is 2.28. The van der Waals surface area contributed by atoms with Crippen molar-refractivity contribution in [1.82, 2.24) is 10.2 Å². The van der Waals surface area contributed by atoms with Crippen molar-refractivity contribution in [3.05, 3.63) is 47.4 Å². The summed E-state index contributed by atoms with van der Waals surface area (Å²) in [4.78, 5) is 11.7. The molecule has 6 heteroatoms. The first kappa shape index (κ1) is 11.8. The third-order valence-corrected chi connectivity index (χ3v) is 2.28. The SMILES string of the molecule is N#Cc1cn[nH]c1NC(=O)Cc1cccc(F)c1. The van der Waals surface area contributed by atoms with Crippen LogP contribution in [0.1, 0.15) is 11.1 Å². The Bertz CT molecular complexity index is 615. The number of amides is 1. The molecule has 0 aliphatic rings. The van der Waals surface area contributed by atoms with E-state index >= 15 is 0 Å². The van der Waals surface area contributed by atoms with Gasteiger partial charge in [0.25, 0.3) is 0 Å². The minimum Gasteiger partial charge on any atom is -0.310 e. The summed E-state index contributed by atoms with van der Waals surface area (Å²) in [5.74, 6) is -0.486. The molecule has 1 amide bonds. The number of hydrogen-bond acceptors (Lipinski definition) is 3. The largest absolute Gasteiger partial charge is 0.310 e. The van der Waals surface area contributed by atoms with Gasteiger partial charge in [-0.2, -0.15) is 10.4 Å². The van der Waals surface area contributed by atoms with Gasteiger partial charge in [0, 0.05) is 0 Å². The van der Waals surface area contributed by atoms with Gasteiger partial charge in [-0.15, -0.1) is 0 Å². The predicted octanol–water partition coefficient (Wildman–Crippen LogP) is 1.60. The number of rotatable bonds is 3. The molecule has 18 heavy (non-hydrogen) atoms. The number of carbonyl (C=O) groups excluding carboxylic acids is 1. The van der Waals surface area contributed by atoms with Gasteiger partial charge in [-0.25, -0.2) is 4.39 Å². The van der Waals surface area contributed by atoms with Crippen LogP contribution >= 0.6 is 0 Å². The standard InChI is InChI=1S/C12H9FN4O/c13-10-3-1-2-8(4-10)5-11(18)16-12-9(6-14)7-15-17-12/h1-4,7H,5H2,(H2,15,16,17,18). The van der Waals surface area contributed by atoms with Crippen molar-refractivity contribution in [2.24, 2.45) is 0 Å². The molecule has 0 bridgehead atoms. The summed E-state index contributed by atoms with van der Waals surface area (Å²) in [5, 5.41) is 17.4. The number of hydrogen-bond donors (Lipinski definition) is 2. The van der Waals surface area contributed by atoms with E-state index in [0.29, 0.717) is 5.56 Å². The summed E-state index contributed by atoms with van der Waals surface area (Å²) in [6.45, 7) is 0. The van der Waals surface area contributed by atoms with E-state index in [0.717, 1.165) is 0 Å². The van der Waals surface area contributed by atoms with Crippen LogP contribution in [0, 0.1) is 17.1 Å². The van der Waals surface area contributed by atoms with Crippen molar-refractivity contribution >= 4 is 11.7 Å². The average Bonchev–Trinajstić information content (AvgIpc) is 2.76. The Kier molecular flexibility index (Phi) is 3.34. The number of nitriles is 1. The highest BCUT2D eigenvalue weighted by Gasteiger charge is 2.09. The van der Waals surface area contributed by atoms with E-state index in [4.69, 9.17) is 5.26 Å². The summed E-state index contributed by atoms with van der Waals surface area (Å²) in [5.41, 5.74) is 0.813. The first-order valence-electron chi connectivity index (χ1n) is 5.17. The molecule has 0 aliphatic carbocycles. The lowest BCUT2D eigenvalue weighted by atomic mass is 10.1. The van der Waals surface area contributed by atoms with Gasteiger partial charge < -0.3 is 5.32 Å². The number of benzene rings is 1. The van der Waals surface area contributed by atoms with E-state index in [1.54, 1.807) is 6.07 Å². The third kappa shape index (κ3) is 2.71. The van der Waals surface area contributed by atoms with E-state index in [9.17, 15) is 9.18 Å². The maximum absolute atomic E-state index is 12.9. The molecule has 0 radical (unpaired) electrons. The van der Waals surface area contributed by atoms with E-state index in [1.807, 2.05) is 6.07 Å². The van der Waals surface area contributed by atoms with Crippen molar-refractivity contribution in [1.29, 1.82) is 5.26 Å². The van der Waals surface area contributed by atoms with Gasteiger partial charge in [0.05, 0.1) is 12.6 Å². The number of carbonyl (C=O) groups is 1. The second-order valence-corrected chi connectivity index (χ2v) is 3.63. The van der Waals surface area contributed by atoms with Gasteiger partial charge in [-0.3, -0.25) is 9.89 Å². The highest BCUT2D eigenvalue weighted by Crippen LogP contribution is 2.10. The minimum absolute atomic E-state index is 0.0294. The molecule has 0 spiro atoms. The molecule has 1 aromatic heterocycles. The van der Waals surface area contributed by atoms with Gasteiger partial charge >= 0.3 is 0 Å². The number of anilines is 1. The fraction of sp³-hybridized carbons (Fsp3) is 0.0833. The second-order valence-electron chi connectivity index (χ2n) is 3.63. The Morgan fingerprint density at radius 3 is 3.11 bits per heavy atom. The van der Waals surface area contributed by atoms with Crippen molar-refractivity contribution < 1.29 is 9.18 Å². The molecule has 0 aliphatic heterocycles. The first-order valence-corrected chi connectivity index (χ1v) is 5.17. The number of nitrogens with one attached hydrogen (secondary N) is 2. The molecule has 0 atom stereocenters. The second kappa shape index (κ2) is 5.10. The van der Waals surface area contributed by atoms with Crippen LogP contribution in [0.5, 0.6) is 0 Å². The van der Waals surface area contributed by atoms with Gasteiger partial charge in [-0.05, 0) is 17.7 Å². The zero-order chi connectivity index (χ0) is 13.0. The van der Waals surface area contributed by atoms with Crippen LogP contribution < -0.4 is 5.32 Å². The molecule has 1 aromatic carbocycles. The maximum Gasteiger partial charge on any atom is 0.229 e. The van der Waals surface area contributed by atoms with Crippen LogP contribution in [-0.2, 0) is 11.2 Å². The highest BCUT2D eigenvalue weighted by molar-refractivity contribution is 5.92. The molecule has 0 unspecified atom stereocenters. The first-order chi connectivity index (χ1) is 8.69. The molecule has 0 fully saturated rings. The quantitative estimate of drug-likeness (QED) is 0.860. The molecule has 5 nitrogen and oxygen atoms in total. The van der Waals surface area contributed by atoms with E-state index in [-0.39, 0.29) is 29.5 Å². The monoisotopic (exact) mass is 244 g/mol. The van der Waals surface area contributed by atoms with Crippen LogP contribution in [0.4, 0.5) is 10.2 Å². The smallest absolute Gasteiger partial charge is 0.229 e. The van der Waals surface area contributed by atoms with Crippen molar-refractivity contribution in [3.63, 3.8) is 0 Å². The molecular formula is C12H9FN4O. The number of H-pyrrole nitrogens is 1. The Morgan fingerprint density at radius 1 is 1.56 bits per heavy atom. The number of nitrogens with zero attached hydrogens (tertiary/aromatic N) is 2. The molecule has 2 rings (SSSR count). The molecule has 0 saturated heterocycles. The Hall–Kier alpha value is -2.68. The van der Waals surface area contributed by atoms with Crippen molar-refractivity contribution in [2.45, 2.75) is 6.42 Å². The summed E-state index contributed by atoms with van der Waals surface area (Å²) in [6, 6.07) is 7.67. The molecule has 1 heterocycles. The van der Waals surface area contributed by atoms with Crippen LogP contribution in [-0.4, -0.2) is 16.1 Å². The molecular weight excluding hydrogens is 235 g/mol. The lowest BCUT2D eigenvalue weighted by molar-refractivity contribution is -0.115. The van der Waals surface area contributed by atoms with Crippen molar-refractivity contribution in [3.8, 4) is 6.07 Å². The van der Waals surface area contributed by atoms with E-state index in [1.165, 1.54) is 24.4 Å². The zero-order valence-corrected chi connectivity index (χ0v) is 9.27. The fourth-order valence-electron chi connectivity index (χ4n) is 1.48. The van der Waals surface area contributed by atoms with E-state index in [2.05, 4.69) is 15.5 Å². The van der Waals surface area contributed by atoms with Crippen LogP contribution in [0.2, 0.25) is 0 Å². The van der Waals surface area contributed by atoms with Gasteiger partial charge in [-0.1, -0.05) is 12.1 Å². The highest BCUT2D eigenvalue weighted by atomic mass is 19.1. The number of halogens is 1. The summed E-state index contributed by atoms with van der Waals surface area (Å²) >= 11 is 0. The molecule has 90 valence electrons. The normalized spacial score (nSPS) is 9.78. The lowest BCUT2D eigenvalue weighted by Crippen LogP contribution is -2.15. The van der Waals surface area contributed by atoms with Crippen LogP contribution in [0.25, 0.3) is 0 Å². The Balaban J connectivity index is 2.04. The number of aromatic amines is 1. The topological polar surface area (TPSA) is 81.6 Å². The summed E-state index contributed by atoms with van der Waals surface area (Å²) in [7, 11) is 0. The van der Waals surface area contributed by atoms with Crippen molar-refractivity contribution in [2.75, 3.05) is 5.32 Å². The maximum atomic E-state index is 12.9. The Labute approximate surface area is 102 Å². The van der Waals surface area contributed by atoms with Gasteiger partial charge in [0.1, 0.15) is 23.3 Å². The molecule has 2 N–H and O–H groups in total. The summed E-state index contributed by atoms with van der Waals surface area (Å²) in [6.07, 6.45) is 1.35.